The summed E-state index contributed by atoms with van der Waals surface area (Å²) in [7, 11) is 1.98. The molecule has 7 heteroatoms. The number of anilines is 1. The van der Waals surface area contributed by atoms with Crippen molar-refractivity contribution in [1.29, 1.82) is 0 Å². The molecule has 0 saturated carbocycles. The third-order valence-electron chi connectivity index (χ3n) is 3.79. The molecule has 1 aliphatic rings. The normalized spacial score (nSPS) is 16.1. The zero-order valence-electron chi connectivity index (χ0n) is 12.6. The Labute approximate surface area is 147 Å². The van der Waals surface area contributed by atoms with Crippen LogP contribution in [0.25, 0.3) is 0 Å². The maximum absolute atomic E-state index is 12.1. The average molecular weight is 367 g/mol. The van der Waals surface area contributed by atoms with Gasteiger partial charge in [0.1, 0.15) is 0 Å². The van der Waals surface area contributed by atoms with Crippen LogP contribution in [0.5, 0.6) is 0 Å². The van der Waals surface area contributed by atoms with Crippen molar-refractivity contribution in [3.63, 3.8) is 0 Å². The summed E-state index contributed by atoms with van der Waals surface area (Å²) in [6.07, 6.45) is 2.25. The predicted octanol–water partition coefficient (Wildman–Crippen LogP) is 3.29. The first-order valence-corrected chi connectivity index (χ1v) is 7.96. The van der Waals surface area contributed by atoms with E-state index in [1.54, 1.807) is 18.2 Å². The number of halogens is 3. The Kier molecular flexibility index (Phi) is 8.50. The fourth-order valence-corrected chi connectivity index (χ4v) is 3.13. The van der Waals surface area contributed by atoms with E-state index in [-0.39, 0.29) is 18.3 Å². The van der Waals surface area contributed by atoms with Crippen LogP contribution in [-0.4, -0.2) is 44.0 Å². The van der Waals surface area contributed by atoms with Crippen LogP contribution in [-0.2, 0) is 4.79 Å². The second-order valence-electron chi connectivity index (χ2n) is 5.42. The number of carbonyl (C=O) groups is 1. The van der Waals surface area contributed by atoms with E-state index in [9.17, 15) is 4.79 Å². The summed E-state index contributed by atoms with van der Waals surface area (Å²) in [6.45, 7) is 3.34. The molecule has 2 N–H and O–H groups in total. The molecule has 0 radical (unpaired) electrons. The van der Waals surface area contributed by atoms with Crippen molar-refractivity contribution in [2.24, 2.45) is 5.92 Å². The molecule has 2 rings (SSSR count). The van der Waals surface area contributed by atoms with Gasteiger partial charge in [-0.3, -0.25) is 9.69 Å². The molecule has 4 nitrogen and oxygen atoms in total. The van der Waals surface area contributed by atoms with Gasteiger partial charge in [0, 0.05) is 0 Å². The number of rotatable bonds is 5. The number of carbonyl (C=O) groups excluding carboxylic acids is 1. The van der Waals surface area contributed by atoms with Crippen LogP contribution in [0.2, 0.25) is 10.0 Å². The zero-order valence-corrected chi connectivity index (χ0v) is 14.9. The molecule has 1 aromatic carbocycles. The SMILES string of the molecule is CNCC1CCN(CC(=O)Nc2c(Cl)cccc2Cl)CC1.Cl. The lowest BCUT2D eigenvalue weighted by Gasteiger charge is -2.31. The van der Waals surface area contributed by atoms with Gasteiger partial charge >= 0.3 is 0 Å². The van der Waals surface area contributed by atoms with Crippen LogP contribution >= 0.6 is 35.6 Å². The van der Waals surface area contributed by atoms with E-state index in [0.29, 0.717) is 28.2 Å². The number of hydrogen-bond donors (Lipinski definition) is 2. The lowest BCUT2D eigenvalue weighted by Crippen LogP contribution is -2.40. The van der Waals surface area contributed by atoms with Crippen molar-refractivity contribution in [3.8, 4) is 0 Å². The van der Waals surface area contributed by atoms with Crippen molar-refractivity contribution in [3.05, 3.63) is 28.2 Å². The largest absolute Gasteiger partial charge is 0.322 e. The summed E-state index contributed by atoms with van der Waals surface area (Å²) in [6, 6.07) is 5.19. The number of hydrogen-bond acceptors (Lipinski definition) is 3. The number of para-hydroxylation sites is 1. The first-order valence-electron chi connectivity index (χ1n) is 7.21. The Morgan fingerprint density at radius 3 is 2.41 bits per heavy atom. The highest BCUT2D eigenvalue weighted by Crippen LogP contribution is 2.29. The molecular formula is C15H22Cl3N3O. The summed E-state index contributed by atoms with van der Waals surface area (Å²) < 4.78 is 0. The fourth-order valence-electron chi connectivity index (χ4n) is 2.64. The molecule has 0 spiro atoms. The molecule has 1 aliphatic heterocycles. The maximum atomic E-state index is 12.1. The lowest BCUT2D eigenvalue weighted by molar-refractivity contribution is -0.117. The maximum Gasteiger partial charge on any atom is 0.238 e. The van der Waals surface area contributed by atoms with E-state index in [1.807, 2.05) is 7.05 Å². The van der Waals surface area contributed by atoms with E-state index in [1.165, 1.54) is 0 Å². The average Bonchev–Trinajstić information content (AvgIpc) is 2.45. The van der Waals surface area contributed by atoms with Crippen LogP contribution in [0.3, 0.4) is 0 Å². The molecule has 22 heavy (non-hydrogen) atoms. The molecule has 0 atom stereocenters. The van der Waals surface area contributed by atoms with Gasteiger partial charge in [-0.1, -0.05) is 29.3 Å². The first kappa shape index (κ1) is 19.5. The van der Waals surface area contributed by atoms with Gasteiger partial charge in [-0.25, -0.2) is 0 Å². The quantitative estimate of drug-likeness (QED) is 0.840. The topological polar surface area (TPSA) is 44.4 Å². The van der Waals surface area contributed by atoms with Crippen LogP contribution in [0, 0.1) is 5.92 Å². The highest BCUT2D eigenvalue weighted by atomic mass is 35.5. The Hall–Kier alpha value is -0.520. The van der Waals surface area contributed by atoms with Crippen LogP contribution in [0.1, 0.15) is 12.8 Å². The Balaban J connectivity index is 0.00000242. The highest BCUT2D eigenvalue weighted by molar-refractivity contribution is 6.39. The second-order valence-corrected chi connectivity index (χ2v) is 6.24. The molecule has 1 fully saturated rings. The number of benzene rings is 1. The first-order chi connectivity index (χ1) is 10.1. The van der Waals surface area contributed by atoms with Crippen molar-refractivity contribution < 1.29 is 4.79 Å². The molecule has 0 bridgehead atoms. The van der Waals surface area contributed by atoms with Gasteiger partial charge in [0.25, 0.3) is 0 Å². The molecule has 1 saturated heterocycles. The van der Waals surface area contributed by atoms with Gasteiger partial charge in [0.15, 0.2) is 0 Å². The smallest absolute Gasteiger partial charge is 0.238 e. The minimum Gasteiger partial charge on any atom is -0.322 e. The molecule has 1 aromatic rings. The van der Waals surface area contributed by atoms with Crippen molar-refractivity contribution in [2.45, 2.75) is 12.8 Å². The summed E-state index contributed by atoms with van der Waals surface area (Å²) in [5.41, 5.74) is 0.496. The van der Waals surface area contributed by atoms with Crippen molar-refractivity contribution >= 4 is 47.2 Å². The van der Waals surface area contributed by atoms with Crippen molar-refractivity contribution in [1.82, 2.24) is 10.2 Å². The molecule has 1 amide bonds. The van der Waals surface area contributed by atoms with Gasteiger partial charge in [-0.05, 0) is 57.6 Å². The van der Waals surface area contributed by atoms with E-state index in [0.717, 1.165) is 32.5 Å². The fraction of sp³-hybridized carbons (Fsp3) is 0.533. The summed E-state index contributed by atoms with van der Waals surface area (Å²) in [5.74, 6) is 0.643. The van der Waals surface area contributed by atoms with Crippen molar-refractivity contribution in [2.75, 3.05) is 38.5 Å². The highest BCUT2D eigenvalue weighted by Gasteiger charge is 2.20. The monoisotopic (exact) mass is 365 g/mol. The molecule has 0 aromatic heterocycles. The van der Waals surface area contributed by atoms with Gasteiger partial charge < -0.3 is 10.6 Å². The number of piperidine rings is 1. The summed E-state index contributed by atoms with van der Waals surface area (Å²) in [4.78, 5) is 14.3. The Morgan fingerprint density at radius 1 is 1.27 bits per heavy atom. The number of likely N-dealkylation sites (tertiary alicyclic amines) is 1. The van der Waals surface area contributed by atoms with Crippen LogP contribution in [0.15, 0.2) is 18.2 Å². The number of amides is 1. The van der Waals surface area contributed by atoms with Gasteiger partial charge in [-0.2, -0.15) is 0 Å². The molecule has 124 valence electrons. The van der Waals surface area contributed by atoms with E-state index in [2.05, 4.69) is 15.5 Å². The van der Waals surface area contributed by atoms with Crippen LogP contribution in [0.4, 0.5) is 5.69 Å². The minimum absolute atomic E-state index is 0. The second kappa shape index (κ2) is 9.58. The van der Waals surface area contributed by atoms with Gasteiger partial charge in [0.05, 0.1) is 22.3 Å². The predicted molar refractivity (Wildman–Crippen MR) is 95.4 cm³/mol. The molecular weight excluding hydrogens is 345 g/mol. The standard InChI is InChI=1S/C15H21Cl2N3O.ClH/c1-18-9-11-5-7-20(8-6-11)10-14(21)19-15-12(16)3-2-4-13(15)17;/h2-4,11,18H,5-10H2,1H3,(H,19,21);1H. The number of nitrogens with one attached hydrogen (secondary N) is 2. The lowest BCUT2D eigenvalue weighted by atomic mass is 9.97. The van der Waals surface area contributed by atoms with Crippen LogP contribution < -0.4 is 10.6 Å². The van der Waals surface area contributed by atoms with E-state index in [4.69, 9.17) is 23.2 Å². The molecule has 0 unspecified atom stereocenters. The third kappa shape index (κ3) is 5.60. The van der Waals surface area contributed by atoms with E-state index < -0.39 is 0 Å². The Morgan fingerprint density at radius 2 is 1.86 bits per heavy atom. The molecule has 0 aliphatic carbocycles. The van der Waals surface area contributed by atoms with Gasteiger partial charge in [0.2, 0.25) is 5.91 Å². The molecule has 1 heterocycles. The third-order valence-corrected chi connectivity index (χ3v) is 4.42. The number of nitrogens with zero attached hydrogens (tertiary/aromatic N) is 1. The van der Waals surface area contributed by atoms with Gasteiger partial charge in [-0.15, -0.1) is 12.4 Å². The minimum atomic E-state index is -0.0722. The van der Waals surface area contributed by atoms with E-state index >= 15 is 0 Å². The summed E-state index contributed by atoms with van der Waals surface area (Å²) in [5, 5.41) is 6.94. The zero-order chi connectivity index (χ0) is 15.2. The Bertz CT molecular complexity index is 471. The summed E-state index contributed by atoms with van der Waals surface area (Å²) >= 11 is 12.1.